The molecule has 154 valence electrons. The fraction of sp³-hybridized carbons (Fsp3) is 0.286. The Labute approximate surface area is 166 Å². The fourth-order valence-electron chi connectivity index (χ4n) is 2.90. The first-order valence-electron chi connectivity index (χ1n) is 8.98. The van der Waals surface area contributed by atoms with Crippen LogP contribution in [0.2, 0.25) is 0 Å². The van der Waals surface area contributed by atoms with Gasteiger partial charge in [0.15, 0.2) is 5.78 Å². The lowest BCUT2D eigenvalue weighted by Gasteiger charge is -2.39. The van der Waals surface area contributed by atoms with Gasteiger partial charge in [-0.1, -0.05) is 30.3 Å². The summed E-state index contributed by atoms with van der Waals surface area (Å²) < 4.78 is 10.7. The third-order valence-electron chi connectivity index (χ3n) is 4.58. The van der Waals surface area contributed by atoms with Crippen LogP contribution in [0.5, 0.6) is 11.5 Å². The molecule has 0 amide bonds. The maximum atomic E-state index is 12.1. The Hall–Kier alpha value is -2.75. The number of ketones is 1. The zero-order valence-electron chi connectivity index (χ0n) is 15.3. The fourth-order valence-corrected chi connectivity index (χ4v) is 2.90. The van der Waals surface area contributed by atoms with Crippen molar-refractivity contribution in [3.05, 3.63) is 65.7 Å². The Morgan fingerprint density at radius 3 is 2.41 bits per heavy atom. The molecule has 5 atom stereocenters. The van der Waals surface area contributed by atoms with E-state index in [1.807, 2.05) is 0 Å². The number of hydrogen-bond acceptors (Lipinski definition) is 8. The molecule has 2 aromatic rings. The van der Waals surface area contributed by atoms with Gasteiger partial charge in [0.25, 0.3) is 0 Å². The number of allylic oxidation sites excluding steroid dienone is 1. The van der Waals surface area contributed by atoms with Crippen molar-refractivity contribution in [2.24, 2.45) is 0 Å². The van der Waals surface area contributed by atoms with Gasteiger partial charge in [0.05, 0.1) is 6.61 Å². The molecule has 0 bridgehead atoms. The molecule has 1 heterocycles. The molecule has 8 heteroatoms. The highest BCUT2D eigenvalue weighted by molar-refractivity contribution is 6.06. The van der Waals surface area contributed by atoms with E-state index < -0.39 is 37.3 Å². The molecule has 1 saturated heterocycles. The molecule has 0 aromatic heterocycles. The van der Waals surface area contributed by atoms with E-state index in [9.17, 15) is 30.3 Å². The van der Waals surface area contributed by atoms with E-state index in [1.54, 1.807) is 30.3 Å². The summed E-state index contributed by atoms with van der Waals surface area (Å²) >= 11 is 0. The van der Waals surface area contributed by atoms with Crippen LogP contribution in [0.15, 0.2) is 54.6 Å². The minimum atomic E-state index is -1.56. The smallest absolute Gasteiger partial charge is 0.229 e. The second-order valence-corrected chi connectivity index (χ2v) is 6.60. The monoisotopic (exact) mass is 402 g/mol. The highest BCUT2D eigenvalue weighted by Crippen LogP contribution is 2.28. The molecule has 1 aliphatic rings. The first-order chi connectivity index (χ1) is 13.9. The minimum Gasteiger partial charge on any atom is -0.507 e. The van der Waals surface area contributed by atoms with Crippen molar-refractivity contribution in [2.75, 3.05) is 6.61 Å². The van der Waals surface area contributed by atoms with Crippen LogP contribution in [0, 0.1) is 0 Å². The number of rotatable bonds is 6. The number of aliphatic hydroxyl groups is 4. The van der Waals surface area contributed by atoms with Gasteiger partial charge in [0, 0.05) is 17.2 Å². The van der Waals surface area contributed by atoms with Crippen molar-refractivity contribution in [1.82, 2.24) is 0 Å². The predicted molar refractivity (Wildman–Crippen MR) is 102 cm³/mol. The third kappa shape index (κ3) is 4.81. The lowest BCUT2D eigenvalue weighted by molar-refractivity contribution is -0.277. The lowest BCUT2D eigenvalue weighted by atomic mass is 9.99. The molecule has 0 spiro atoms. The van der Waals surface area contributed by atoms with Gasteiger partial charge in [-0.25, -0.2) is 0 Å². The maximum absolute atomic E-state index is 12.1. The Morgan fingerprint density at radius 2 is 1.76 bits per heavy atom. The largest absolute Gasteiger partial charge is 0.507 e. The number of carbonyl (C=O) groups is 1. The molecule has 1 unspecified atom stereocenters. The van der Waals surface area contributed by atoms with Gasteiger partial charge in [-0.3, -0.25) is 4.79 Å². The normalized spacial score (nSPS) is 27.1. The Morgan fingerprint density at radius 1 is 1.03 bits per heavy atom. The van der Waals surface area contributed by atoms with Crippen LogP contribution in [0.1, 0.15) is 15.9 Å². The van der Waals surface area contributed by atoms with Gasteiger partial charge in [-0.05, 0) is 24.3 Å². The van der Waals surface area contributed by atoms with Crippen LogP contribution < -0.4 is 4.74 Å². The summed E-state index contributed by atoms with van der Waals surface area (Å²) in [6, 6.07) is 12.9. The summed E-state index contributed by atoms with van der Waals surface area (Å²) in [4.78, 5) is 12.1. The second kappa shape index (κ2) is 9.17. The number of aliphatic hydroxyl groups excluding tert-OH is 4. The standard InChI is InChI=1S/C21H22O8/c22-11-17-18(25)19(26)20(27)21(29-17)28-14-8-6-13(16(24)10-14)7-9-15(23)12-4-2-1-3-5-12/h1-10,17-22,24-27H,11H2/t17-,18-,19+,20-,21?/m1/s1. The van der Waals surface area contributed by atoms with E-state index in [-0.39, 0.29) is 17.3 Å². The number of hydrogen-bond donors (Lipinski definition) is 5. The Balaban J connectivity index is 1.69. The molecule has 0 radical (unpaired) electrons. The molecule has 8 nitrogen and oxygen atoms in total. The van der Waals surface area contributed by atoms with Crippen molar-refractivity contribution in [3.63, 3.8) is 0 Å². The number of phenolic OH excluding ortho intramolecular Hbond substituents is 1. The van der Waals surface area contributed by atoms with Crippen molar-refractivity contribution in [1.29, 1.82) is 0 Å². The SMILES string of the molecule is O=C(C=Cc1ccc(OC2O[C@H](CO)[C@@H](O)[C@H](O)[C@H]2O)cc1O)c1ccccc1. The van der Waals surface area contributed by atoms with Crippen LogP contribution in [-0.4, -0.2) is 68.6 Å². The molecule has 3 rings (SSSR count). The maximum Gasteiger partial charge on any atom is 0.229 e. The molecule has 29 heavy (non-hydrogen) atoms. The van der Waals surface area contributed by atoms with Gasteiger partial charge < -0.3 is 35.0 Å². The number of aromatic hydroxyl groups is 1. The summed E-state index contributed by atoms with van der Waals surface area (Å²) in [5.41, 5.74) is 0.890. The number of phenols is 1. The minimum absolute atomic E-state index is 0.123. The van der Waals surface area contributed by atoms with Crippen LogP contribution >= 0.6 is 0 Å². The Kier molecular flexibility index (Phi) is 6.63. The molecule has 1 fully saturated rings. The van der Waals surface area contributed by atoms with Crippen LogP contribution in [0.25, 0.3) is 6.08 Å². The predicted octanol–water partition coefficient (Wildman–Crippen LogP) is 0.467. The van der Waals surface area contributed by atoms with E-state index in [4.69, 9.17) is 9.47 Å². The van der Waals surface area contributed by atoms with E-state index in [2.05, 4.69) is 0 Å². The van der Waals surface area contributed by atoms with Gasteiger partial charge in [-0.15, -0.1) is 0 Å². The van der Waals surface area contributed by atoms with Crippen molar-refractivity contribution in [2.45, 2.75) is 30.7 Å². The Bertz CT molecular complexity index is 864. The van der Waals surface area contributed by atoms with Gasteiger partial charge in [0.1, 0.15) is 35.9 Å². The van der Waals surface area contributed by atoms with Crippen LogP contribution in [0.4, 0.5) is 0 Å². The second-order valence-electron chi connectivity index (χ2n) is 6.60. The first-order valence-corrected chi connectivity index (χ1v) is 8.98. The van der Waals surface area contributed by atoms with Crippen molar-refractivity contribution in [3.8, 4) is 11.5 Å². The quantitative estimate of drug-likeness (QED) is 0.347. The molecule has 0 saturated carbocycles. The van der Waals surface area contributed by atoms with Crippen molar-refractivity contribution >= 4 is 11.9 Å². The van der Waals surface area contributed by atoms with Crippen molar-refractivity contribution < 1.29 is 39.8 Å². The average Bonchev–Trinajstić information content (AvgIpc) is 2.74. The number of carbonyl (C=O) groups excluding carboxylic acids is 1. The highest BCUT2D eigenvalue weighted by atomic mass is 16.7. The van der Waals surface area contributed by atoms with Crippen LogP contribution in [-0.2, 0) is 4.74 Å². The highest BCUT2D eigenvalue weighted by Gasteiger charge is 2.44. The average molecular weight is 402 g/mol. The van der Waals surface area contributed by atoms with Gasteiger partial charge in [0.2, 0.25) is 6.29 Å². The molecule has 1 aliphatic heterocycles. The van der Waals surface area contributed by atoms with Crippen LogP contribution in [0.3, 0.4) is 0 Å². The molecule has 0 aliphatic carbocycles. The van der Waals surface area contributed by atoms with E-state index in [1.165, 1.54) is 30.4 Å². The topological polar surface area (TPSA) is 137 Å². The van der Waals surface area contributed by atoms with E-state index in [0.717, 1.165) is 0 Å². The summed E-state index contributed by atoms with van der Waals surface area (Å²) in [7, 11) is 0. The number of benzene rings is 2. The summed E-state index contributed by atoms with van der Waals surface area (Å²) in [6.07, 6.45) is -4.27. The molecular weight excluding hydrogens is 380 g/mol. The molecule has 2 aromatic carbocycles. The summed E-state index contributed by atoms with van der Waals surface area (Å²) in [5, 5.41) is 49.0. The van der Waals surface area contributed by atoms with E-state index >= 15 is 0 Å². The summed E-state index contributed by atoms with van der Waals surface area (Å²) in [6.45, 7) is -0.574. The zero-order valence-corrected chi connectivity index (χ0v) is 15.3. The molecular formula is C21H22O8. The van der Waals surface area contributed by atoms with Gasteiger partial charge >= 0.3 is 0 Å². The third-order valence-corrected chi connectivity index (χ3v) is 4.58. The molecule has 5 N–H and O–H groups in total. The zero-order chi connectivity index (χ0) is 21.0. The number of ether oxygens (including phenoxy) is 2. The lowest BCUT2D eigenvalue weighted by Crippen LogP contribution is -2.60. The van der Waals surface area contributed by atoms with E-state index in [0.29, 0.717) is 11.1 Å². The summed E-state index contributed by atoms with van der Waals surface area (Å²) in [5.74, 6) is -0.269. The first kappa shape index (κ1) is 21.0. The van der Waals surface area contributed by atoms with Gasteiger partial charge in [-0.2, -0.15) is 0 Å².